The molecule has 3 rings (SSSR count). The number of ether oxygens (including phenoxy) is 1. The van der Waals surface area contributed by atoms with E-state index in [2.05, 4.69) is 26.9 Å². The molecule has 3 heterocycles. The van der Waals surface area contributed by atoms with Gasteiger partial charge in [-0.05, 0) is 18.2 Å². The highest BCUT2D eigenvalue weighted by molar-refractivity contribution is 7.99. The normalized spacial score (nSPS) is 19.6. The van der Waals surface area contributed by atoms with Crippen LogP contribution in [-0.4, -0.2) is 56.2 Å². The zero-order chi connectivity index (χ0) is 15.9. The first kappa shape index (κ1) is 16.4. The second kappa shape index (κ2) is 8.42. The van der Waals surface area contributed by atoms with Crippen molar-refractivity contribution in [1.82, 2.24) is 24.6 Å². The van der Waals surface area contributed by atoms with E-state index in [1.807, 2.05) is 35.5 Å². The number of thioether (sulfide) groups is 1. The maximum Gasteiger partial charge on any atom is 0.187 e. The van der Waals surface area contributed by atoms with Gasteiger partial charge >= 0.3 is 0 Å². The van der Waals surface area contributed by atoms with Gasteiger partial charge in [-0.25, -0.2) is 9.97 Å². The Morgan fingerprint density at radius 1 is 1.35 bits per heavy atom. The lowest BCUT2D eigenvalue weighted by Crippen LogP contribution is -2.34. The Hall–Kier alpha value is -1.44. The van der Waals surface area contributed by atoms with Gasteiger partial charge < -0.3 is 4.74 Å². The predicted octanol–water partition coefficient (Wildman–Crippen LogP) is 2.08. The van der Waals surface area contributed by atoms with Crippen LogP contribution in [0.4, 0.5) is 0 Å². The first-order chi connectivity index (χ1) is 11.3. The van der Waals surface area contributed by atoms with Gasteiger partial charge in [-0.2, -0.15) is 5.10 Å². The SMILES string of the molecule is CCSc1ncc(CN2CCCO[C@@H](Cn3cccn3)C2)cn1. The van der Waals surface area contributed by atoms with E-state index in [4.69, 9.17) is 4.74 Å². The largest absolute Gasteiger partial charge is 0.375 e. The van der Waals surface area contributed by atoms with Gasteiger partial charge in [-0.3, -0.25) is 9.58 Å². The lowest BCUT2D eigenvalue weighted by molar-refractivity contribution is 0.0391. The molecule has 7 heteroatoms. The molecule has 1 aliphatic heterocycles. The Kier molecular flexibility index (Phi) is 6.01. The number of nitrogens with zero attached hydrogens (tertiary/aromatic N) is 5. The minimum atomic E-state index is 0.174. The molecule has 124 valence electrons. The number of rotatable bonds is 6. The Morgan fingerprint density at radius 2 is 2.22 bits per heavy atom. The van der Waals surface area contributed by atoms with E-state index < -0.39 is 0 Å². The molecule has 0 amide bonds. The lowest BCUT2D eigenvalue weighted by Gasteiger charge is -2.23. The minimum absolute atomic E-state index is 0.174. The summed E-state index contributed by atoms with van der Waals surface area (Å²) in [4.78, 5) is 11.3. The first-order valence-corrected chi connectivity index (χ1v) is 9.07. The van der Waals surface area contributed by atoms with E-state index in [0.717, 1.165) is 55.7 Å². The van der Waals surface area contributed by atoms with E-state index in [0.29, 0.717) is 0 Å². The van der Waals surface area contributed by atoms with Crippen molar-refractivity contribution in [3.05, 3.63) is 36.4 Å². The Labute approximate surface area is 141 Å². The van der Waals surface area contributed by atoms with Crippen LogP contribution in [0.15, 0.2) is 36.0 Å². The molecule has 0 unspecified atom stereocenters. The number of aromatic nitrogens is 4. The molecule has 0 bridgehead atoms. The Balaban J connectivity index is 1.57. The fourth-order valence-electron chi connectivity index (χ4n) is 2.73. The van der Waals surface area contributed by atoms with Crippen LogP contribution in [0.25, 0.3) is 0 Å². The quantitative estimate of drug-likeness (QED) is 0.596. The van der Waals surface area contributed by atoms with Crippen LogP contribution in [0.5, 0.6) is 0 Å². The highest BCUT2D eigenvalue weighted by Crippen LogP contribution is 2.14. The zero-order valence-electron chi connectivity index (χ0n) is 13.5. The molecule has 0 aliphatic carbocycles. The summed E-state index contributed by atoms with van der Waals surface area (Å²) >= 11 is 1.67. The molecule has 0 saturated carbocycles. The minimum Gasteiger partial charge on any atom is -0.375 e. The molecular formula is C16H23N5OS. The molecule has 0 aromatic carbocycles. The topological polar surface area (TPSA) is 56.1 Å². The molecule has 1 saturated heterocycles. The lowest BCUT2D eigenvalue weighted by atomic mass is 10.2. The van der Waals surface area contributed by atoms with Crippen molar-refractivity contribution in [2.75, 3.05) is 25.4 Å². The van der Waals surface area contributed by atoms with Gasteiger partial charge in [0.15, 0.2) is 5.16 Å². The molecule has 23 heavy (non-hydrogen) atoms. The van der Waals surface area contributed by atoms with Crippen LogP contribution < -0.4 is 0 Å². The van der Waals surface area contributed by atoms with E-state index in [1.165, 1.54) is 0 Å². The van der Waals surface area contributed by atoms with Gasteiger partial charge in [0.2, 0.25) is 0 Å². The maximum atomic E-state index is 5.96. The average Bonchev–Trinajstić information content (AvgIpc) is 2.96. The molecule has 0 N–H and O–H groups in total. The molecule has 2 aromatic rings. The molecule has 6 nitrogen and oxygen atoms in total. The van der Waals surface area contributed by atoms with Crippen molar-refractivity contribution in [3.63, 3.8) is 0 Å². The Bertz CT molecular complexity index is 575. The van der Waals surface area contributed by atoms with Gasteiger partial charge in [-0.1, -0.05) is 18.7 Å². The van der Waals surface area contributed by atoms with Gasteiger partial charge in [0.1, 0.15) is 0 Å². The van der Waals surface area contributed by atoms with Crippen LogP contribution in [-0.2, 0) is 17.8 Å². The number of hydrogen-bond acceptors (Lipinski definition) is 6. The summed E-state index contributed by atoms with van der Waals surface area (Å²) in [7, 11) is 0. The predicted molar refractivity (Wildman–Crippen MR) is 90.3 cm³/mol. The van der Waals surface area contributed by atoms with Gasteiger partial charge in [0, 0.05) is 56.6 Å². The summed E-state index contributed by atoms with van der Waals surface area (Å²) in [5.74, 6) is 0.998. The summed E-state index contributed by atoms with van der Waals surface area (Å²) in [6.45, 7) is 6.54. The third kappa shape index (κ3) is 5.02. The summed E-state index contributed by atoms with van der Waals surface area (Å²) in [6.07, 6.45) is 8.91. The maximum absolute atomic E-state index is 5.96. The second-order valence-electron chi connectivity index (χ2n) is 5.62. The Morgan fingerprint density at radius 3 is 2.96 bits per heavy atom. The molecule has 1 atom stereocenters. The zero-order valence-corrected chi connectivity index (χ0v) is 14.3. The number of hydrogen-bond donors (Lipinski definition) is 0. The second-order valence-corrected chi connectivity index (χ2v) is 6.85. The third-order valence-electron chi connectivity index (χ3n) is 3.75. The fraction of sp³-hybridized carbons (Fsp3) is 0.562. The molecule has 0 spiro atoms. The van der Waals surface area contributed by atoms with E-state index in [1.54, 1.807) is 11.8 Å². The first-order valence-electron chi connectivity index (χ1n) is 8.08. The summed E-state index contributed by atoms with van der Waals surface area (Å²) in [5, 5.41) is 5.13. The van der Waals surface area contributed by atoms with E-state index in [9.17, 15) is 0 Å². The van der Waals surface area contributed by atoms with Crippen LogP contribution in [0.1, 0.15) is 18.9 Å². The fourth-order valence-corrected chi connectivity index (χ4v) is 3.24. The van der Waals surface area contributed by atoms with Crippen molar-refractivity contribution in [2.24, 2.45) is 0 Å². The van der Waals surface area contributed by atoms with Crippen LogP contribution >= 0.6 is 11.8 Å². The monoisotopic (exact) mass is 333 g/mol. The van der Waals surface area contributed by atoms with Crippen LogP contribution in [0, 0.1) is 0 Å². The summed E-state index contributed by atoms with van der Waals surface area (Å²) < 4.78 is 7.90. The highest BCUT2D eigenvalue weighted by atomic mass is 32.2. The van der Waals surface area contributed by atoms with Crippen molar-refractivity contribution in [1.29, 1.82) is 0 Å². The summed E-state index contributed by atoms with van der Waals surface area (Å²) in [5.41, 5.74) is 1.16. The molecular weight excluding hydrogens is 310 g/mol. The van der Waals surface area contributed by atoms with Crippen LogP contribution in [0.3, 0.4) is 0 Å². The average molecular weight is 333 g/mol. The molecule has 1 fully saturated rings. The summed E-state index contributed by atoms with van der Waals surface area (Å²) in [6, 6.07) is 1.95. The smallest absolute Gasteiger partial charge is 0.187 e. The van der Waals surface area contributed by atoms with Crippen molar-refractivity contribution in [2.45, 2.75) is 37.7 Å². The standard InChI is InChI=1S/C16H23N5OS/c1-2-23-16-17-9-14(10-18-16)11-20-6-4-8-22-15(12-20)13-21-7-3-5-19-21/h3,5,7,9-10,15H,2,4,6,8,11-13H2,1H3/t15-/m1/s1. The van der Waals surface area contributed by atoms with Gasteiger partial charge in [0.05, 0.1) is 12.6 Å². The van der Waals surface area contributed by atoms with Gasteiger partial charge in [-0.15, -0.1) is 0 Å². The van der Waals surface area contributed by atoms with Crippen molar-refractivity contribution in [3.8, 4) is 0 Å². The molecule has 1 aliphatic rings. The molecule has 2 aromatic heterocycles. The highest BCUT2D eigenvalue weighted by Gasteiger charge is 2.19. The van der Waals surface area contributed by atoms with Crippen molar-refractivity contribution >= 4 is 11.8 Å². The third-order valence-corrected chi connectivity index (χ3v) is 4.50. The van der Waals surface area contributed by atoms with Crippen LogP contribution in [0.2, 0.25) is 0 Å². The van der Waals surface area contributed by atoms with Crippen molar-refractivity contribution < 1.29 is 4.74 Å². The van der Waals surface area contributed by atoms with E-state index in [-0.39, 0.29) is 6.10 Å². The molecule has 0 radical (unpaired) electrons. The van der Waals surface area contributed by atoms with E-state index >= 15 is 0 Å². The van der Waals surface area contributed by atoms with Gasteiger partial charge in [0.25, 0.3) is 0 Å².